The van der Waals surface area contributed by atoms with Gasteiger partial charge in [-0.2, -0.15) is 0 Å². The van der Waals surface area contributed by atoms with Crippen molar-refractivity contribution in [2.75, 3.05) is 6.61 Å². The van der Waals surface area contributed by atoms with Crippen LogP contribution in [0.2, 0.25) is 0 Å². The molecule has 3 aliphatic rings. The SMILES string of the molecule is CCC[C@H]1C(=O)N2[C@H](C(C)(C)C)OC[C@@]2([C@@H](C)[C@@H]2C=CCCC2)[C@@]1(C)O. The van der Waals surface area contributed by atoms with Gasteiger partial charge in [0.05, 0.1) is 18.1 Å². The van der Waals surface area contributed by atoms with Crippen molar-refractivity contribution in [2.45, 2.75) is 91.0 Å². The zero-order valence-corrected chi connectivity index (χ0v) is 17.4. The number of hydrogen-bond acceptors (Lipinski definition) is 3. The molecule has 26 heavy (non-hydrogen) atoms. The molecule has 0 radical (unpaired) electrons. The molecule has 0 aromatic carbocycles. The van der Waals surface area contributed by atoms with Crippen LogP contribution in [-0.2, 0) is 9.53 Å². The molecule has 0 spiro atoms. The maximum Gasteiger partial charge on any atom is 0.231 e. The molecule has 0 aromatic heterocycles. The molecule has 2 saturated heterocycles. The predicted molar refractivity (Wildman–Crippen MR) is 103 cm³/mol. The molecule has 4 heteroatoms. The van der Waals surface area contributed by atoms with Gasteiger partial charge in [-0.05, 0) is 44.4 Å². The molecule has 2 aliphatic heterocycles. The van der Waals surface area contributed by atoms with Gasteiger partial charge in [0.25, 0.3) is 0 Å². The zero-order valence-electron chi connectivity index (χ0n) is 17.4. The van der Waals surface area contributed by atoms with Gasteiger partial charge < -0.3 is 14.7 Å². The van der Waals surface area contributed by atoms with E-state index in [0.717, 1.165) is 25.7 Å². The Kier molecular flexibility index (Phi) is 5.07. The summed E-state index contributed by atoms with van der Waals surface area (Å²) < 4.78 is 6.25. The van der Waals surface area contributed by atoms with Crippen LogP contribution in [0.1, 0.15) is 73.6 Å². The third kappa shape index (κ3) is 2.67. The fourth-order valence-electron chi connectivity index (χ4n) is 5.72. The average molecular weight is 364 g/mol. The summed E-state index contributed by atoms with van der Waals surface area (Å²) in [5.41, 5.74) is -1.91. The van der Waals surface area contributed by atoms with Gasteiger partial charge in [-0.15, -0.1) is 0 Å². The quantitative estimate of drug-likeness (QED) is 0.764. The molecular formula is C22H37NO3. The Bertz CT molecular complexity index is 576. The van der Waals surface area contributed by atoms with Gasteiger partial charge in [0, 0.05) is 5.41 Å². The minimum Gasteiger partial charge on any atom is -0.387 e. The van der Waals surface area contributed by atoms with Gasteiger partial charge >= 0.3 is 0 Å². The number of carbonyl (C=O) groups is 1. The summed E-state index contributed by atoms with van der Waals surface area (Å²) >= 11 is 0. The van der Waals surface area contributed by atoms with Gasteiger partial charge in [0.2, 0.25) is 5.91 Å². The minimum atomic E-state index is -1.08. The largest absolute Gasteiger partial charge is 0.387 e. The molecule has 1 aliphatic carbocycles. The lowest BCUT2D eigenvalue weighted by Crippen LogP contribution is -2.64. The molecule has 4 nitrogen and oxygen atoms in total. The monoisotopic (exact) mass is 363 g/mol. The van der Waals surface area contributed by atoms with E-state index in [-0.39, 0.29) is 29.4 Å². The van der Waals surface area contributed by atoms with Gasteiger partial charge in [0.15, 0.2) is 0 Å². The van der Waals surface area contributed by atoms with E-state index in [2.05, 4.69) is 46.8 Å². The van der Waals surface area contributed by atoms with Crippen molar-refractivity contribution in [3.8, 4) is 0 Å². The van der Waals surface area contributed by atoms with Crippen molar-refractivity contribution < 1.29 is 14.6 Å². The molecule has 0 unspecified atom stereocenters. The normalized spacial score (nSPS) is 41.6. The highest BCUT2D eigenvalue weighted by atomic mass is 16.5. The molecule has 6 atom stereocenters. The van der Waals surface area contributed by atoms with Crippen molar-refractivity contribution in [3.63, 3.8) is 0 Å². The molecular weight excluding hydrogens is 326 g/mol. The fraction of sp³-hybridized carbons (Fsp3) is 0.864. The summed E-state index contributed by atoms with van der Waals surface area (Å²) in [5.74, 6) is 0.289. The lowest BCUT2D eigenvalue weighted by Gasteiger charge is -2.49. The van der Waals surface area contributed by atoms with Crippen LogP contribution in [0, 0.1) is 23.2 Å². The number of fused-ring (bicyclic) bond motifs is 1. The number of amides is 1. The van der Waals surface area contributed by atoms with E-state index in [9.17, 15) is 9.90 Å². The summed E-state index contributed by atoms with van der Waals surface area (Å²) in [6.45, 7) is 13.0. The van der Waals surface area contributed by atoms with Gasteiger partial charge in [-0.1, -0.05) is 53.2 Å². The van der Waals surface area contributed by atoms with Gasteiger partial charge in [-0.3, -0.25) is 4.79 Å². The Labute approximate surface area is 159 Å². The maximum atomic E-state index is 13.5. The average Bonchev–Trinajstić information content (AvgIpc) is 3.07. The van der Waals surface area contributed by atoms with Crippen LogP contribution < -0.4 is 0 Å². The van der Waals surface area contributed by atoms with Crippen LogP contribution >= 0.6 is 0 Å². The highest BCUT2D eigenvalue weighted by molar-refractivity contribution is 5.85. The third-order valence-corrected chi connectivity index (χ3v) is 7.22. The third-order valence-electron chi connectivity index (χ3n) is 7.22. The number of aliphatic hydroxyl groups is 1. The van der Waals surface area contributed by atoms with Crippen LogP contribution in [0.25, 0.3) is 0 Å². The zero-order chi connectivity index (χ0) is 19.3. The molecule has 2 heterocycles. The van der Waals surface area contributed by atoms with E-state index in [1.165, 1.54) is 6.42 Å². The first-order valence-corrected chi connectivity index (χ1v) is 10.4. The minimum absolute atomic E-state index is 0.0842. The Balaban J connectivity index is 2.09. The number of carbonyl (C=O) groups excluding carboxylic acids is 1. The summed E-state index contributed by atoms with van der Waals surface area (Å²) in [4.78, 5) is 15.5. The molecule has 0 bridgehead atoms. The molecule has 1 amide bonds. The molecule has 2 fully saturated rings. The van der Waals surface area contributed by atoms with Gasteiger partial charge in [-0.25, -0.2) is 0 Å². The summed E-state index contributed by atoms with van der Waals surface area (Å²) in [6, 6.07) is 0. The number of allylic oxidation sites excluding steroid dienone is 2. The first-order valence-electron chi connectivity index (χ1n) is 10.4. The predicted octanol–water partition coefficient (Wildman–Crippen LogP) is 4.13. The van der Waals surface area contributed by atoms with E-state index < -0.39 is 11.1 Å². The van der Waals surface area contributed by atoms with E-state index in [4.69, 9.17) is 4.74 Å². The number of hydrogen-bond donors (Lipinski definition) is 1. The summed E-state index contributed by atoms with van der Waals surface area (Å²) in [5, 5.41) is 11.8. The highest BCUT2D eigenvalue weighted by Crippen LogP contribution is 2.57. The Morgan fingerprint density at radius 3 is 2.65 bits per heavy atom. The van der Waals surface area contributed by atoms with Crippen LogP contribution in [0.15, 0.2) is 12.2 Å². The lowest BCUT2D eigenvalue weighted by atomic mass is 9.64. The molecule has 148 valence electrons. The summed E-state index contributed by atoms with van der Waals surface area (Å²) in [6.07, 6.45) is 9.35. The maximum absolute atomic E-state index is 13.5. The second kappa shape index (κ2) is 6.63. The standard InChI is InChI=1S/C22H37NO3/c1-7-11-17-18(24)23-19(20(3,4)5)26-14-22(23,21(17,6)25)15(2)16-12-9-8-10-13-16/h9,12,15-17,19,25H,7-8,10-11,13-14H2,1-6H3/t15-,16+,17-,19-,21-,22+/m0/s1. The fourth-order valence-corrected chi connectivity index (χ4v) is 5.72. The van der Waals surface area contributed by atoms with E-state index >= 15 is 0 Å². The van der Waals surface area contributed by atoms with Crippen molar-refractivity contribution in [3.05, 3.63) is 12.2 Å². The van der Waals surface area contributed by atoms with E-state index in [0.29, 0.717) is 12.5 Å². The topological polar surface area (TPSA) is 49.8 Å². The van der Waals surface area contributed by atoms with Gasteiger partial charge in [0.1, 0.15) is 11.8 Å². The second-order valence-electron chi connectivity index (χ2n) is 9.96. The van der Waals surface area contributed by atoms with Crippen LogP contribution in [0.3, 0.4) is 0 Å². The number of nitrogens with zero attached hydrogens (tertiary/aromatic N) is 1. The number of rotatable bonds is 4. The van der Waals surface area contributed by atoms with Crippen molar-refractivity contribution in [2.24, 2.45) is 23.2 Å². The Morgan fingerprint density at radius 1 is 1.42 bits per heavy atom. The molecule has 0 aromatic rings. The molecule has 1 N–H and O–H groups in total. The van der Waals surface area contributed by atoms with Crippen LogP contribution in [0.5, 0.6) is 0 Å². The Hall–Kier alpha value is -0.870. The Morgan fingerprint density at radius 2 is 2.12 bits per heavy atom. The number of ether oxygens (including phenoxy) is 1. The van der Waals surface area contributed by atoms with Crippen molar-refractivity contribution >= 4 is 5.91 Å². The van der Waals surface area contributed by atoms with E-state index in [1.807, 2.05) is 11.8 Å². The molecule has 3 rings (SSSR count). The van der Waals surface area contributed by atoms with E-state index in [1.54, 1.807) is 0 Å². The van der Waals surface area contributed by atoms with Crippen molar-refractivity contribution in [1.29, 1.82) is 0 Å². The van der Waals surface area contributed by atoms with Crippen LogP contribution in [-0.4, -0.2) is 39.9 Å². The second-order valence-corrected chi connectivity index (χ2v) is 9.96. The van der Waals surface area contributed by atoms with Crippen LogP contribution in [0.4, 0.5) is 0 Å². The smallest absolute Gasteiger partial charge is 0.231 e. The summed E-state index contributed by atoms with van der Waals surface area (Å²) in [7, 11) is 0. The lowest BCUT2D eigenvalue weighted by molar-refractivity contribution is -0.145. The first-order chi connectivity index (χ1) is 12.1. The first kappa shape index (κ1) is 19.9. The van der Waals surface area contributed by atoms with Crippen molar-refractivity contribution in [1.82, 2.24) is 4.90 Å². The highest BCUT2D eigenvalue weighted by Gasteiger charge is 2.72. The molecule has 0 saturated carbocycles.